The van der Waals surface area contributed by atoms with Crippen molar-refractivity contribution in [2.24, 2.45) is 0 Å². The van der Waals surface area contributed by atoms with Crippen LogP contribution >= 0.6 is 0 Å². The van der Waals surface area contributed by atoms with Gasteiger partial charge in [-0.2, -0.15) is 0 Å². The molecule has 3 nitrogen and oxygen atoms in total. The molecule has 0 heterocycles. The minimum Gasteiger partial charge on any atom is -0.385 e. The van der Waals surface area contributed by atoms with Crippen molar-refractivity contribution in [1.82, 2.24) is 0 Å². The van der Waals surface area contributed by atoms with Crippen LogP contribution in [0, 0.1) is 0 Å². The van der Waals surface area contributed by atoms with Gasteiger partial charge in [-0.15, -0.1) is 0 Å². The van der Waals surface area contributed by atoms with E-state index in [4.69, 9.17) is 5.11 Å². The van der Waals surface area contributed by atoms with Crippen molar-refractivity contribution >= 4 is 0 Å². The van der Waals surface area contributed by atoms with Crippen LogP contribution in [0.2, 0.25) is 0 Å². The fourth-order valence-electron chi connectivity index (χ4n) is 0.533. The van der Waals surface area contributed by atoms with Crippen LogP contribution in [0.4, 0.5) is 0 Å². The Bertz CT molecular complexity index is 44.9. The summed E-state index contributed by atoms with van der Waals surface area (Å²) in [6, 6.07) is 0. The molecule has 3 N–H and O–H groups in total. The van der Waals surface area contributed by atoms with Gasteiger partial charge in [-0.3, -0.25) is 0 Å². The molecule has 0 fully saturated rings. The third-order valence-electron chi connectivity index (χ3n) is 0.867. The number of hydrogen-bond donors (Lipinski definition) is 2. The summed E-state index contributed by atoms with van der Waals surface area (Å²) < 4.78 is 4.69. The summed E-state index contributed by atoms with van der Waals surface area (Å²) in [5.74, 6) is 0. The number of likely N-dealkylation sites (N-methyl/N-ethyl adjacent to an activating group) is 1. The van der Waals surface area contributed by atoms with Gasteiger partial charge >= 0.3 is 0 Å². The van der Waals surface area contributed by atoms with Gasteiger partial charge < -0.3 is 15.2 Å². The second-order valence-electron chi connectivity index (χ2n) is 1.75. The average Bonchev–Trinajstić information content (AvgIpc) is 1.93. The molecule has 0 aromatic rings. The van der Waals surface area contributed by atoms with E-state index in [1.54, 1.807) is 7.11 Å². The molecule has 0 aliphatic heterocycles. The molecule has 1 unspecified atom stereocenters. The second kappa shape index (κ2) is 11.6. The lowest BCUT2D eigenvalue weighted by molar-refractivity contribution is -0.634. The van der Waals surface area contributed by atoms with Crippen molar-refractivity contribution in [2.75, 3.05) is 27.3 Å². The number of aliphatic hydroxyl groups excluding tert-OH is 1. The molecule has 0 aromatic heterocycles. The molecule has 0 aliphatic rings. The molecule has 3 heteroatoms. The lowest BCUT2D eigenvalue weighted by atomic mass is 10.4. The largest absolute Gasteiger partial charge is 0.385 e. The van der Waals surface area contributed by atoms with Crippen LogP contribution < -0.4 is 5.32 Å². The molecule has 64 valence electrons. The van der Waals surface area contributed by atoms with Crippen molar-refractivity contribution in [3.05, 3.63) is 0 Å². The Kier molecular flexibility index (Phi) is 14.6. The highest BCUT2D eigenvalue weighted by Gasteiger charge is 2.01. The van der Waals surface area contributed by atoms with E-state index in [1.165, 1.54) is 0 Å². The van der Waals surface area contributed by atoms with Crippen LogP contribution in [0.15, 0.2) is 0 Å². The number of quaternary nitrogens is 1. The van der Waals surface area contributed by atoms with Crippen molar-refractivity contribution in [2.45, 2.75) is 20.0 Å². The quantitative estimate of drug-likeness (QED) is 0.552. The Labute approximate surface area is 63.4 Å². The van der Waals surface area contributed by atoms with Gasteiger partial charge in [0, 0.05) is 7.11 Å². The number of aliphatic hydroxyl groups is 1. The fraction of sp³-hybridized carbons (Fsp3) is 1.00. The van der Waals surface area contributed by atoms with E-state index in [-0.39, 0.29) is 6.10 Å². The first kappa shape index (κ1) is 12.5. The first-order valence-electron chi connectivity index (χ1n) is 3.76. The summed E-state index contributed by atoms with van der Waals surface area (Å²) in [6.45, 7) is 5.15. The molecule has 0 saturated heterocycles. The minimum atomic E-state index is -0.315. The van der Waals surface area contributed by atoms with Gasteiger partial charge in [0.1, 0.15) is 12.6 Å². The van der Waals surface area contributed by atoms with Crippen LogP contribution in [-0.2, 0) is 4.74 Å². The predicted octanol–water partition coefficient (Wildman–Crippen LogP) is -0.787. The molecule has 0 radical (unpaired) electrons. The zero-order valence-electron chi connectivity index (χ0n) is 7.42. The molecule has 0 spiro atoms. The maximum Gasteiger partial charge on any atom is 0.126 e. The number of ether oxygens (including phenoxy) is 1. The summed E-state index contributed by atoms with van der Waals surface area (Å²) in [4.78, 5) is 0. The molecule has 0 aliphatic carbocycles. The second-order valence-corrected chi connectivity index (χ2v) is 1.75. The van der Waals surface area contributed by atoms with Crippen LogP contribution in [0.5, 0.6) is 0 Å². The standard InChI is InChI=1S/C5H13NO2.C2H6/c1-6-3-5(7)4-8-2;1-2/h5-7H,3-4H2,1-2H3;1-2H3/p+1. The van der Waals surface area contributed by atoms with E-state index in [0.29, 0.717) is 13.2 Å². The Morgan fingerprint density at radius 1 is 1.50 bits per heavy atom. The lowest BCUT2D eigenvalue weighted by Crippen LogP contribution is -2.82. The van der Waals surface area contributed by atoms with Gasteiger partial charge in [-0.05, 0) is 0 Å². The number of hydrogen-bond acceptors (Lipinski definition) is 2. The SMILES string of the molecule is CC.C[NH2+]CC(O)COC. The van der Waals surface area contributed by atoms with E-state index in [2.05, 4.69) is 4.74 Å². The maximum absolute atomic E-state index is 8.89. The first-order chi connectivity index (χ1) is 4.81. The zero-order chi connectivity index (χ0) is 8.41. The molecule has 0 amide bonds. The normalized spacial score (nSPS) is 11.7. The van der Waals surface area contributed by atoms with Gasteiger partial charge in [0.25, 0.3) is 0 Å². The summed E-state index contributed by atoms with van der Waals surface area (Å²) >= 11 is 0. The third kappa shape index (κ3) is 10.8. The Hall–Kier alpha value is -0.120. The maximum atomic E-state index is 8.89. The van der Waals surface area contributed by atoms with E-state index >= 15 is 0 Å². The number of rotatable bonds is 4. The smallest absolute Gasteiger partial charge is 0.126 e. The summed E-state index contributed by atoms with van der Waals surface area (Å²) in [5.41, 5.74) is 0. The van der Waals surface area contributed by atoms with Crippen LogP contribution in [0.3, 0.4) is 0 Å². The van der Waals surface area contributed by atoms with E-state index in [0.717, 1.165) is 0 Å². The van der Waals surface area contributed by atoms with Gasteiger partial charge in [-0.1, -0.05) is 13.8 Å². The highest BCUT2D eigenvalue weighted by atomic mass is 16.5. The number of nitrogens with two attached hydrogens (primary N) is 1. The third-order valence-corrected chi connectivity index (χ3v) is 0.867. The molecule has 10 heavy (non-hydrogen) atoms. The van der Waals surface area contributed by atoms with Crippen molar-refractivity contribution in [1.29, 1.82) is 0 Å². The molecule has 0 aromatic carbocycles. The molecule has 1 atom stereocenters. The predicted molar refractivity (Wildman–Crippen MR) is 41.9 cm³/mol. The molecule has 0 bridgehead atoms. The van der Waals surface area contributed by atoms with Gasteiger partial charge in [0.15, 0.2) is 0 Å². The Morgan fingerprint density at radius 3 is 2.30 bits per heavy atom. The van der Waals surface area contributed by atoms with E-state index in [1.807, 2.05) is 26.2 Å². The van der Waals surface area contributed by atoms with Crippen LogP contribution in [0.25, 0.3) is 0 Å². The van der Waals surface area contributed by atoms with Gasteiger partial charge in [-0.25, -0.2) is 0 Å². The first-order valence-corrected chi connectivity index (χ1v) is 3.76. The Balaban J connectivity index is 0. The molecule has 0 rings (SSSR count). The molecular weight excluding hydrogens is 130 g/mol. The van der Waals surface area contributed by atoms with Crippen LogP contribution in [0.1, 0.15) is 13.8 Å². The number of methoxy groups -OCH3 is 1. The fourth-order valence-corrected chi connectivity index (χ4v) is 0.533. The zero-order valence-corrected chi connectivity index (χ0v) is 7.42. The molecular formula is C7H20NO2+. The van der Waals surface area contributed by atoms with Crippen molar-refractivity contribution < 1.29 is 15.2 Å². The van der Waals surface area contributed by atoms with Gasteiger partial charge in [0.05, 0.1) is 13.7 Å². The van der Waals surface area contributed by atoms with Crippen molar-refractivity contribution in [3.63, 3.8) is 0 Å². The summed E-state index contributed by atoms with van der Waals surface area (Å²) in [7, 11) is 3.50. The van der Waals surface area contributed by atoms with E-state index in [9.17, 15) is 0 Å². The average molecular weight is 150 g/mol. The Morgan fingerprint density at radius 2 is 2.00 bits per heavy atom. The summed E-state index contributed by atoms with van der Waals surface area (Å²) in [6.07, 6.45) is -0.315. The minimum absolute atomic E-state index is 0.315. The highest BCUT2D eigenvalue weighted by molar-refractivity contribution is 4.45. The topological polar surface area (TPSA) is 46.1 Å². The monoisotopic (exact) mass is 150 g/mol. The summed E-state index contributed by atoms with van der Waals surface area (Å²) in [5, 5.41) is 10.8. The highest BCUT2D eigenvalue weighted by Crippen LogP contribution is 1.75. The van der Waals surface area contributed by atoms with E-state index < -0.39 is 0 Å². The van der Waals surface area contributed by atoms with Crippen LogP contribution in [-0.4, -0.2) is 38.5 Å². The lowest BCUT2D eigenvalue weighted by Gasteiger charge is -2.03. The van der Waals surface area contributed by atoms with Crippen molar-refractivity contribution in [3.8, 4) is 0 Å². The van der Waals surface area contributed by atoms with Gasteiger partial charge in [0.2, 0.25) is 0 Å². The molecule has 0 saturated carbocycles.